The second-order valence-corrected chi connectivity index (χ2v) is 8.43. The first-order valence-electron chi connectivity index (χ1n) is 10.1. The number of benzene rings is 2. The molecule has 7 nitrogen and oxygen atoms in total. The summed E-state index contributed by atoms with van der Waals surface area (Å²) in [5.74, 6) is -0.221. The number of hydrogen-bond donors (Lipinski definition) is 2. The van der Waals surface area contributed by atoms with E-state index in [0.717, 1.165) is 5.56 Å². The van der Waals surface area contributed by atoms with E-state index in [4.69, 9.17) is 9.15 Å². The van der Waals surface area contributed by atoms with Crippen molar-refractivity contribution in [3.05, 3.63) is 75.1 Å². The van der Waals surface area contributed by atoms with Gasteiger partial charge in [-0.25, -0.2) is 9.59 Å². The van der Waals surface area contributed by atoms with Crippen LogP contribution in [0, 0.1) is 13.8 Å². The standard InChI is InChI=1S/C24H25NO6S/c1-14-17-9-10-20(30-3)15(2)22(17)31-24(29)18(14)11-21(26)25-19(23(27)28)13-32-12-16-7-5-4-6-8-16/h4-10,19H,11-13H2,1-3H3,(H,25,26)(H,27,28)/t19-/m0/s1. The van der Waals surface area contributed by atoms with Gasteiger partial charge in [-0.2, -0.15) is 11.8 Å². The maximum atomic E-state index is 12.6. The molecule has 0 aliphatic heterocycles. The number of carbonyl (C=O) groups excluding carboxylic acids is 1. The Balaban J connectivity index is 1.72. The molecule has 0 spiro atoms. The Morgan fingerprint density at radius 2 is 1.84 bits per heavy atom. The van der Waals surface area contributed by atoms with E-state index in [1.54, 1.807) is 26.0 Å². The Kier molecular flexibility index (Phi) is 7.58. The van der Waals surface area contributed by atoms with Crippen molar-refractivity contribution >= 4 is 34.6 Å². The van der Waals surface area contributed by atoms with Gasteiger partial charge in [-0.1, -0.05) is 30.3 Å². The van der Waals surface area contributed by atoms with Crippen LogP contribution in [0.25, 0.3) is 11.0 Å². The highest BCUT2D eigenvalue weighted by atomic mass is 32.2. The number of aryl methyl sites for hydroxylation is 2. The molecule has 2 N–H and O–H groups in total. The Bertz CT molecular complexity index is 1190. The molecule has 1 heterocycles. The maximum absolute atomic E-state index is 12.6. The highest BCUT2D eigenvalue weighted by Crippen LogP contribution is 2.29. The van der Waals surface area contributed by atoms with Gasteiger partial charge in [0.1, 0.15) is 17.4 Å². The van der Waals surface area contributed by atoms with Gasteiger partial charge in [0.05, 0.1) is 19.1 Å². The highest BCUT2D eigenvalue weighted by molar-refractivity contribution is 7.98. The summed E-state index contributed by atoms with van der Waals surface area (Å²) in [4.78, 5) is 36.8. The lowest BCUT2D eigenvalue weighted by atomic mass is 10.0. The van der Waals surface area contributed by atoms with Crippen LogP contribution in [0.3, 0.4) is 0 Å². The van der Waals surface area contributed by atoms with Crippen LogP contribution in [-0.4, -0.2) is 35.9 Å². The summed E-state index contributed by atoms with van der Waals surface area (Å²) < 4.78 is 10.7. The van der Waals surface area contributed by atoms with E-state index in [-0.39, 0.29) is 17.7 Å². The molecule has 32 heavy (non-hydrogen) atoms. The minimum atomic E-state index is -1.12. The molecule has 0 aliphatic rings. The van der Waals surface area contributed by atoms with E-state index < -0.39 is 23.5 Å². The fraction of sp³-hybridized carbons (Fsp3) is 0.292. The van der Waals surface area contributed by atoms with Crippen molar-refractivity contribution in [2.75, 3.05) is 12.9 Å². The minimum Gasteiger partial charge on any atom is -0.496 e. The van der Waals surface area contributed by atoms with E-state index in [1.165, 1.54) is 18.9 Å². The molecular weight excluding hydrogens is 430 g/mol. The monoisotopic (exact) mass is 455 g/mol. The van der Waals surface area contributed by atoms with Gasteiger partial charge in [-0.05, 0) is 37.1 Å². The van der Waals surface area contributed by atoms with Crippen molar-refractivity contribution in [1.29, 1.82) is 0 Å². The molecule has 0 saturated carbocycles. The molecule has 3 rings (SSSR count). The Morgan fingerprint density at radius 1 is 1.12 bits per heavy atom. The van der Waals surface area contributed by atoms with Crippen molar-refractivity contribution in [3.63, 3.8) is 0 Å². The van der Waals surface area contributed by atoms with Crippen LogP contribution >= 0.6 is 11.8 Å². The van der Waals surface area contributed by atoms with Crippen molar-refractivity contribution in [3.8, 4) is 5.75 Å². The fourth-order valence-corrected chi connectivity index (χ4v) is 4.45. The maximum Gasteiger partial charge on any atom is 0.340 e. The fourth-order valence-electron chi connectivity index (χ4n) is 3.45. The number of carboxylic acids is 1. The van der Waals surface area contributed by atoms with Crippen LogP contribution in [0.5, 0.6) is 5.75 Å². The van der Waals surface area contributed by atoms with Gasteiger partial charge in [-0.15, -0.1) is 0 Å². The molecule has 0 unspecified atom stereocenters. The van der Waals surface area contributed by atoms with E-state index in [2.05, 4.69) is 5.32 Å². The van der Waals surface area contributed by atoms with Crippen LogP contribution in [0.2, 0.25) is 0 Å². The summed E-state index contributed by atoms with van der Waals surface area (Å²) in [6, 6.07) is 12.2. The number of ether oxygens (including phenoxy) is 1. The molecule has 1 amide bonds. The quantitative estimate of drug-likeness (QED) is 0.476. The van der Waals surface area contributed by atoms with Gasteiger partial charge in [0, 0.05) is 22.5 Å². The first kappa shape index (κ1) is 23.4. The van der Waals surface area contributed by atoms with Crippen molar-refractivity contribution in [2.24, 2.45) is 0 Å². The van der Waals surface area contributed by atoms with Gasteiger partial charge in [0.2, 0.25) is 5.91 Å². The zero-order valence-electron chi connectivity index (χ0n) is 18.1. The topological polar surface area (TPSA) is 106 Å². The van der Waals surface area contributed by atoms with Crippen LogP contribution in [-0.2, 0) is 21.8 Å². The molecule has 0 bridgehead atoms. The number of hydrogen-bond acceptors (Lipinski definition) is 6. The molecule has 0 fully saturated rings. The third kappa shape index (κ3) is 5.31. The first-order chi connectivity index (χ1) is 15.3. The SMILES string of the molecule is COc1ccc2c(C)c(CC(=O)N[C@@H](CSCc3ccccc3)C(=O)O)c(=O)oc2c1C. The first-order valence-corrected chi connectivity index (χ1v) is 11.2. The van der Waals surface area contributed by atoms with E-state index >= 15 is 0 Å². The number of thioether (sulfide) groups is 1. The lowest BCUT2D eigenvalue weighted by Gasteiger charge is -2.15. The number of carboxylic acid groups (broad SMARTS) is 1. The number of nitrogens with one attached hydrogen (secondary N) is 1. The van der Waals surface area contributed by atoms with E-state index in [9.17, 15) is 19.5 Å². The third-order valence-corrected chi connectivity index (χ3v) is 6.35. The molecule has 168 valence electrons. The van der Waals surface area contributed by atoms with Crippen LogP contribution < -0.4 is 15.7 Å². The van der Waals surface area contributed by atoms with Gasteiger partial charge in [-0.3, -0.25) is 4.79 Å². The summed E-state index contributed by atoms with van der Waals surface area (Å²) in [5.41, 5.74) is 2.40. The number of fused-ring (bicyclic) bond motifs is 1. The largest absolute Gasteiger partial charge is 0.496 e. The molecular formula is C24H25NO6S. The molecule has 8 heteroatoms. The second kappa shape index (κ2) is 10.4. The number of carbonyl (C=O) groups is 2. The Hall–Kier alpha value is -3.26. The van der Waals surface area contributed by atoms with Gasteiger partial charge in [0.15, 0.2) is 0 Å². The number of rotatable bonds is 9. The summed E-state index contributed by atoms with van der Waals surface area (Å²) in [6.45, 7) is 3.54. The average molecular weight is 456 g/mol. The Morgan fingerprint density at radius 3 is 2.50 bits per heavy atom. The summed E-state index contributed by atoms with van der Waals surface area (Å²) >= 11 is 1.42. The van der Waals surface area contributed by atoms with E-state index in [0.29, 0.717) is 33.6 Å². The highest BCUT2D eigenvalue weighted by Gasteiger charge is 2.22. The normalized spacial score (nSPS) is 11.8. The average Bonchev–Trinajstić information content (AvgIpc) is 2.77. The van der Waals surface area contributed by atoms with Gasteiger partial charge >= 0.3 is 11.6 Å². The molecule has 0 saturated heterocycles. The molecule has 3 aromatic rings. The Labute approximate surface area is 189 Å². The van der Waals surface area contributed by atoms with Crippen LogP contribution in [0.4, 0.5) is 0 Å². The lowest BCUT2D eigenvalue weighted by molar-refractivity contribution is -0.141. The smallest absolute Gasteiger partial charge is 0.340 e. The summed E-state index contributed by atoms with van der Waals surface area (Å²) in [6.07, 6.45) is -0.262. The van der Waals surface area contributed by atoms with Gasteiger partial charge in [0.25, 0.3) is 0 Å². The van der Waals surface area contributed by atoms with E-state index in [1.807, 2.05) is 30.3 Å². The number of amides is 1. The molecule has 0 radical (unpaired) electrons. The zero-order chi connectivity index (χ0) is 23.3. The molecule has 2 aromatic carbocycles. The number of methoxy groups -OCH3 is 1. The van der Waals surface area contributed by atoms with Crippen molar-refractivity contribution in [1.82, 2.24) is 5.32 Å². The van der Waals surface area contributed by atoms with Crippen LogP contribution in [0.15, 0.2) is 51.7 Å². The molecule has 0 aliphatic carbocycles. The minimum absolute atomic E-state index is 0.209. The van der Waals surface area contributed by atoms with Crippen molar-refractivity contribution in [2.45, 2.75) is 32.1 Å². The van der Waals surface area contributed by atoms with Gasteiger partial charge < -0.3 is 19.6 Å². The predicted octanol–water partition coefficient (Wildman–Crippen LogP) is 3.46. The zero-order valence-corrected chi connectivity index (χ0v) is 19.0. The predicted molar refractivity (Wildman–Crippen MR) is 124 cm³/mol. The number of aliphatic carboxylic acids is 1. The summed E-state index contributed by atoms with van der Waals surface area (Å²) in [7, 11) is 1.54. The lowest BCUT2D eigenvalue weighted by Crippen LogP contribution is -2.43. The van der Waals surface area contributed by atoms with Crippen LogP contribution in [0.1, 0.15) is 22.3 Å². The molecule has 1 atom stereocenters. The molecule has 1 aromatic heterocycles. The third-order valence-electron chi connectivity index (χ3n) is 5.24. The second-order valence-electron chi connectivity index (χ2n) is 7.40. The van der Waals surface area contributed by atoms with Crippen molar-refractivity contribution < 1.29 is 23.8 Å². The summed E-state index contributed by atoms with van der Waals surface area (Å²) in [5, 5.41) is 12.7.